The number of imidazole rings is 1. The van der Waals surface area contributed by atoms with Crippen molar-refractivity contribution in [3.63, 3.8) is 0 Å². The Morgan fingerprint density at radius 2 is 1.88 bits per heavy atom. The van der Waals surface area contributed by atoms with E-state index in [1.807, 2.05) is 22.9 Å². The molecule has 0 fully saturated rings. The lowest BCUT2D eigenvalue weighted by atomic mass is 10.00. The van der Waals surface area contributed by atoms with Crippen LogP contribution in [0, 0.1) is 11.6 Å². The van der Waals surface area contributed by atoms with Gasteiger partial charge in [-0.3, -0.25) is 4.79 Å². The maximum atomic E-state index is 13.7. The summed E-state index contributed by atoms with van der Waals surface area (Å²) in [7, 11) is 0. The first-order chi connectivity index (χ1) is 16.4. The van der Waals surface area contributed by atoms with Gasteiger partial charge in [0.15, 0.2) is 0 Å². The predicted molar refractivity (Wildman–Crippen MR) is 127 cm³/mol. The molecule has 1 heterocycles. The van der Waals surface area contributed by atoms with Gasteiger partial charge in [0.1, 0.15) is 11.6 Å². The van der Waals surface area contributed by atoms with E-state index in [-0.39, 0.29) is 25.3 Å². The molecule has 1 amide bonds. The third-order valence-corrected chi connectivity index (χ3v) is 5.65. The minimum Gasteiger partial charge on any atom is -0.390 e. The fourth-order valence-corrected chi connectivity index (χ4v) is 3.85. The van der Waals surface area contributed by atoms with Crippen molar-refractivity contribution >= 4 is 5.91 Å². The molecule has 3 N–H and O–H groups in total. The van der Waals surface area contributed by atoms with Crippen molar-refractivity contribution in [3.05, 3.63) is 89.5 Å². The number of hydrogen-bond acceptors (Lipinski definition) is 4. The van der Waals surface area contributed by atoms with Gasteiger partial charge in [-0.1, -0.05) is 31.2 Å². The van der Waals surface area contributed by atoms with Gasteiger partial charge >= 0.3 is 0 Å². The number of halogens is 2. The Hall–Kier alpha value is -3.10. The van der Waals surface area contributed by atoms with Gasteiger partial charge in [0.05, 0.1) is 18.5 Å². The van der Waals surface area contributed by atoms with Crippen LogP contribution in [0.2, 0.25) is 0 Å². The molecule has 2 aromatic carbocycles. The van der Waals surface area contributed by atoms with Gasteiger partial charge in [-0.25, -0.2) is 13.8 Å². The first-order valence-corrected chi connectivity index (χ1v) is 11.6. The van der Waals surface area contributed by atoms with E-state index in [9.17, 15) is 18.7 Å². The van der Waals surface area contributed by atoms with E-state index in [1.54, 1.807) is 12.5 Å². The zero-order valence-corrected chi connectivity index (χ0v) is 19.4. The van der Waals surface area contributed by atoms with Crippen molar-refractivity contribution in [2.75, 3.05) is 6.54 Å². The molecular formula is C26H32F2N4O2. The third-order valence-electron chi connectivity index (χ3n) is 5.65. The highest BCUT2D eigenvalue weighted by Gasteiger charge is 2.22. The second-order valence-corrected chi connectivity index (χ2v) is 8.43. The lowest BCUT2D eigenvalue weighted by Gasteiger charge is -2.25. The number of aromatic nitrogens is 2. The van der Waals surface area contributed by atoms with E-state index >= 15 is 0 Å². The van der Waals surface area contributed by atoms with E-state index in [0.717, 1.165) is 18.1 Å². The summed E-state index contributed by atoms with van der Waals surface area (Å²) in [5, 5.41) is 16.9. The fourth-order valence-electron chi connectivity index (χ4n) is 3.85. The normalized spacial score (nSPS) is 12.9. The molecule has 2 atom stereocenters. The molecule has 0 aliphatic carbocycles. The second-order valence-electron chi connectivity index (χ2n) is 8.43. The van der Waals surface area contributed by atoms with Gasteiger partial charge in [-0.05, 0) is 48.1 Å². The van der Waals surface area contributed by atoms with E-state index in [1.165, 1.54) is 17.7 Å². The number of aliphatic hydroxyl groups is 1. The average Bonchev–Trinajstić information content (AvgIpc) is 3.31. The molecule has 34 heavy (non-hydrogen) atoms. The van der Waals surface area contributed by atoms with Crippen LogP contribution in [0.15, 0.2) is 61.2 Å². The summed E-state index contributed by atoms with van der Waals surface area (Å²) in [5.74, 6) is -1.61. The highest BCUT2D eigenvalue weighted by Crippen LogP contribution is 2.13. The van der Waals surface area contributed by atoms with E-state index in [0.29, 0.717) is 25.1 Å². The van der Waals surface area contributed by atoms with Gasteiger partial charge < -0.3 is 20.3 Å². The smallest absolute Gasteiger partial charge is 0.220 e. The van der Waals surface area contributed by atoms with E-state index in [2.05, 4.69) is 34.7 Å². The number of amides is 1. The van der Waals surface area contributed by atoms with Crippen molar-refractivity contribution in [2.45, 2.75) is 57.8 Å². The summed E-state index contributed by atoms with van der Waals surface area (Å²) < 4.78 is 29.3. The molecule has 8 heteroatoms. The van der Waals surface area contributed by atoms with E-state index in [4.69, 9.17) is 0 Å². The molecule has 0 aliphatic rings. The van der Waals surface area contributed by atoms with Crippen LogP contribution in [0.4, 0.5) is 8.78 Å². The van der Waals surface area contributed by atoms with Crippen LogP contribution in [0.25, 0.3) is 0 Å². The average molecular weight is 471 g/mol. The third kappa shape index (κ3) is 8.35. The zero-order valence-electron chi connectivity index (χ0n) is 19.4. The molecule has 3 rings (SSSR count). The number of nitrogens with zero attached hydrogens (tertiary/aromatic N) is 2. The molecule has 1 aromatic heterocycles. The first-order valence-electron chi connectivity index (χ1n) is 11.6. The standard InChI is InChI=1S/C26H32F2N4O2/c1-2-19-5-3-6-20(11-19)16-30-17-25(33)24(14-21-12-22(27)15-23(28)13-21)31-26(34)7-4-9-32-10-8-29-18-32/h3,5-6,8,10-13,15,18,24-25,30,33H,2,4,7,9,14,16-17H2,1H3,(H,31,34). The molecule has 0 saturated carbocycles. The molecule has 0 radical (unpaired) electrons. The van der Waals surface area contributed by atoms with Gasteiger partial charge in [-0.15, -0.1) is 0 Å². The molecule has 182 valence electrons. The Morgan fingerprint density at radius 1 is 1.12 bits per heavy atom. The summed E-state index contributed by atoms with van der Waals surface area (Å²) in [6, 6.07) is 10.7. The first kappa shape index (κ1) is 25.5. The van der Waals surface area contributed by atoms with Crippen molar-refractivity contribution in [2.24, 2.45) is 0 Å². The van der Waals surface area contributed by atoms with Crippen LogP contribution in [-0.4, -0.2) is 39.3 Å². The van der Waals surface area contributed by atoms with Gasteiger partial charge in [-0.2, -0.15) is 0 Å². The summed E-state index contributed by atoms with van der Waals surface area (Å²) in [6.45, 7) is 3.52. The number of nitrogens with one attached hydrogen (secondary N) is 2. The molecule has 2 unspecified atom stereocenters. The van der Waals surface area contributed by atoms with Gasteiger partial charge in [0.25, 0.3) is 0 Å². The maximum Gasteiger partial charge on any atom is 0.220 e. The number of benzene rings is 2. The highest BCUT2D eigenvalue weighted by molar-refractivity contribution is 5.76. The molecule has 0 saturated heterocycles. The predicted octanol–water partition coefficient (Wildman–Crippen LogP) is 3.38. The number of aryl methyl sites for hydroxylation is 2. The van der Waals surface area contributed by atoms with Crippen LogP contribution in [-0.2, 0) is 30.7 Å². The Kier molecular flexibility index (Phi) is 9.73. The van der Waals surface area contributed by atoms with Crippen LogP contribution < -0.4 is 10.6 Å². The lowest BCUT2D eigenvalue weighted by Crippen LogP contribution is -2.48. The molecule has 3 aromatic rings. The highest BCUT2D eigenvalue weighted by atomic mass is 19.1. The van der Waals surface area contributed by atoms with Crippen LogP contribution >= 0.6 is 0 Å². The maximum absolute atomic E-state index is 13.7. The number of rotatable bonds is 13. The monoisotopic (exact) mass is 470 g/mol. The van der Waals surface area contributed by atoms with Crippen LogP contribution in [0.5, 0.6) is 0 Å². The van der Waals surface area contributed by atoms with Crippen LogP contribution in [0.1, 0.15) is 36.5 Å². The van der Waals surface area contributed by atoms with Crippen molar-refractivity contribution in [1.29, 1.82) is 0 Å². The van der Waals surface area contributed by atoms with Crippen molar-refractivity contribution in [3.8, 4) is 0 Å². The largest absolute Gasteiger partial charge is 0.390 e. The SMILES string of the molecule is CCc1cccc(CNCC(O)C(Cc2cc(F)cc(F)c2)NC(=O)CCCn2ccnc2)c1. The quantitative estimate of drug-likeness (QED) is 0.358. The number of aliphatic hydroxyl groups excluding tert-OH is 1. The topological polar surface area (TPSA) is 79.2 Å². The van der Waals surface area contributed by atoms with Crippen molar-refractivity contribution < 1.29 is 18.7 Å². The zero-order chi connectivity index (χ0) is 24.3. The van der Waals surface area contributed by atoms with Crippen LogP contribution in [0.3, 0.4) is 0 Å². The van der Waals surface area contributed by atoms with Gasteiger partial charge in [0, 0.05) is 44.5 Å². The summed E-state index contributed by atoms with van der Waals surface area (Å²) in [5.41, 5.74) is 2.70. The minimum absolute atomic E-state index is 0.107. The molecule has 0 spiro atoms. The summed E-state index contributed by atoms with van der Waals surface area (Å²) >= 11 is 0. The summed E-state index contributed by atoms with van der Waals surface area (Å²) in [6.07, 6.45) is 6.15. The fraction of sp³-hybridized carbons (Fsp3) is 0.385. The molecule has 6 nitrogen and oxygen atoms in total. The molecule has 0 aliphatic heterocycles. The Labute approximate surface area is 199 Å². The number of hydrogen-bond donors (Lipinski definition) is 3. The minimum atomic E-state index is -0.946. The molecule has 0 bridgehead atoms. The summed E-state index contributed by atoms with van der Waals surface area (Å²) in [4.78, 5) is 16.5. The number of carbonyl (C=O) groups is 1. The van der Waals surface area contributed by atoms with E-state index < -0.39 is 23.8 Å². The Bertz CT molecular complexity index is 1020. The lowest BCUT2D eigenvalue weighted by molar-refractivity contribution is -0.122. The molecular weight excluding hydrogens is 438 g/mol. The Balaban J connectivity index is 1.58. The Morgan fingerprint density at radius 3 is 2.59 bits per heavy atom. The number of carbonyl (C=O) groups excluding carboxylic acids is 1. The van der Waals surface area contributed by atoms with Gasteiger partial charge in [0.2, 0.25) is 5.91 Å². The van der Waals surface area contributed by atoms with Crippen molar-refractivity contribution in [1.82, 2.24) is 20.2 Å². The second kappa shape index (κ2) is 13.0.